The molecule has 0 rings (SSSR count). The maximum absolute atomic E-state index is 8.55. The molecule has 0 aliphatic carbocycles. The Balaban J connectivity index is -0.0000000144. The minimum absolute atomic E-state index is 0. The van der Waals surface area contributed by atoms with Crippen molar-refractivity contribution in [2.75, 3.05) is 0 Å². The Morgan fingerprint density at radius 1 is 0.205 bits per heavy atom. The molecule has 0 unspecified atom stereocenters. The zero-order valence-corrected chi connectivity index (χ0v) is 41.1. The molecule has 0 aromatic heterocycles. The third kappa shape index (κ3) is 1730. The van der Waals surface area contributed by atoms with Crippen molar-refractivity contribution in [1.29, 1.82) is 0 Å². The molecular formula is Al3Ca3Mg3O28P7. The normalized spacial score (nSPS) is 9.39. The maximum Gasteiger partial charge on any atom is 3.00 e. The van der Waals surface area contributed by atoms with E-state index in [2.05, 4.69) is 0 Å². The Bertz CT molecular complexity index is 591. The SMILES string of the molecule is O=P([O-])([O-])[O-].O=P([O-])([O-])[O-].O=P([O-])([O-])[O-].O=P([O-])([O-])[O-].O=P([O-])([O-])[O-].O=P([O-])([O-])[O-].O=P([O-])([O-])[O-].[Al+3].[Al+3].[Al+3].[Ca+2].[Ca+2].[Ca+2].[Mg+2].[Mg+2].[Mg+2]. The van der Waals surface area contributed by atoms with Gasteiger partial charge in [0.2, 0.25) is 0 Å². The summed E-state index contributed by atoms with van der Waals surface area (Å²) in [5.41, 5.74) is 0. The zero-order valence-electron chi connectivity index (χ0n) is 20.5. The van der Waals surface area contributed by atoms with Gasteiger partial charge in [0, 0.05) is 0 Å². The van der Waals surface area contributed by atoms with Crippen LogP contribution in [0.1, 0.15) is 0 Å². The van der Waals surface area contributed by atoms with Crippen LogP contribution in [0.5, 0.6) is 0 Å². The van der Waals surface area contributed by atoms with Crippen molar-refractivity contribution in [2.24, 2.45) is 0 Å². The largest absolute Gasteiger partial charge is 3.00 e. The van der Waals surface area contributed by atoms with Crippen LogP contribution in [0.3, 0.4) is 0 Å². The van der Waals surface area contributed by atoms with E-state index in [9.17, 15) is 0 Å². The third-order valence-electron chi connectivity index (χ3n) is 0. The zero-order chi connectivity index (χ0) is 31.5. The minimum atomic E-state index is -5.39. The van der Waals surface area contributed by atoms with Crippen LogP contribution in [-0.4, -0.2) is 234 Å². The minimum Gasteiger partial charge on any atom is -0.822 e. The summed E-state index contributed by atoms with van der Waals surface area (Å²) >= 11 is 0. The second-order valence-electron chi connectivity index (χ2n) is 3.13. The van der Waals surface area contributed by atoms with Gasteiger partial charge in [-0.15, -0.1) is 0 Å². The van der Waals surface area contributed by atoms with Gasteiger partial charge in [-0.25, -0.2) is 0 Å². The molecule has 0 aromatic rings. The summed E-state index contributed by atoms with van der Waals surface area (Å²) in [6, 6.07) is 0. The molecule has 0 fully saturated rings. The Labute approximate surface area is 416 Å². The molecule has 0 N–H and O–H groups in total. The van der Waals surface area contributed by atoms with Crippen LogP contribution in [0.2, 0.25) is 0 Å². The van der Waals surface area contributed by atoms with E-state index in [0.717, 1.165) is 0 Å². The number of hydrogen-bond donors (Lipinski definition) is 0. The van der Waals surface area contributed by atoms with Crippen LogP contribution < -0.4 is 103 Å². The first-order valence-corrected chi connectivity index (χ1v) is 15.3. The van der Waals surface area contributed by atoms with Gasteiger partial charge in [0.1, 0.15) is 0 Å². The van der Waals surface area contributed by atoms with Crippen LogP contribution in [0.15, 0.2) is 0 Å². The van der Waals surface area contributed by atoms with E-state index in [4.69, 9.17) is 135 Å². The van der Waals surface area contributed by atoms with Gasteiger partial charge in [0.25, 0.3) is 0 Å². The molecule has 0 atom stereocenters. The molecule has 44 heavy (non-hydrogen) atoms. The molecule has 0 aliphatic rings. The molecule has 224 valence electrons. The van der Waals surface area contributed by atoms with Gasteiger partial charge in [0.05, 0.1) is 0 Å². The molecule has 0 bridgehead atoms. The van der Waals surface area contributed by atoms with Gasteiger partial charge < -0.3 is 135 Å². The molecule has 0 aromatic carbocycles. The summed E-state index contributed by atoms with van der Waals surface area (Å²) in [4.78, 5) is 180. The molecule has 0 heterocycles. The Morgan fingerprint density at radius 2 is 0.205 bits per heavy atom. The fourth-order valence-corrected chi connectivity index (χ4v) is 0. The van der Waals surface area contributed by atoms with Gasteiger partial charge in [-0.2, -0.15) is 54.8 Å². The van der Waals surface area contributed by atoms with Crippen molar-refractivity contribution in [3.8, 4) is 0 Å². The van der Waals surface area contributed by atoms with E-state index in [1.807, 2.05) is 0 Å². The van der Waals surface area contributed by atoms with E-state index in [1.165, 1.54) is 0 Å². The number of phosphoric acid groups is 7. The predicted molar refractivity (Wildman–Crippen MR) is 105 cm³/mol. The molecule has 28 nitrogen and oxygen atoms in total. The van der Waals surface area contributed by atoms with Gasteiger partial charge >= 0.3 is 234 Å². The fraction of sp³-hybridized carbons (Fsp3) is 0. The van der Waals surface area contributed by atoms with Crippen molar-refractivity contribution < 1.29 is 135 Å². The van der Waals surface area contributed by atoms with E-state index in [-0.39, 0.29) is 234 Å². The summed E-state index contributed by atoms with van der Waals surface area (Å²) in [7, 11) is -37.7. The smallest absolute Gasteiger partial charge is 0.822 e. The second-order valence-corrected chi connectivity index (χ2v) is 9.39. The van der Waals surface area contributed by atoms with Crippen LogP contribution in [0.4, 0.5) is 0 Å². The monoisotopic (exact) mass is 937 g/mol. The van der Waals surface area contributed by atoms with Crippen molar-refractivity contribution >= 4 is 289 Å². The predicted octanol–water partition coefficient (Wildman–Crippen LogP) is -23.2. The molecule has 0 radical (unpaired) electrons. The summed E-state index contributed by atoms with van der Waals surface area (Å²) in [5, 5.41) is 0. The van der Waals surface area contributed by atoms with Gasteiger partial charge in [-0.1, -0.05) is 0 Å². The average Bonchev–Trinajstić information content (AvgIpc) is 2.06. The first-order chi connectivity index (χ1) is 14.0. The summed E-state index contributed by atoms with van der Waals surface area (Å²) in [6.45, 7) is 0. The quantitative estimate of drug-likeness (QED) is 0.161. The molecule has 44 heteroatoms. The standard InChI is InChI=1S/3Al.3Ca.3Mg.7H3O4P/c;;;;;;;;;7*1-5(2,3)4/h;;;;;;;;;7*(H3,1,2,3,4)/q3*+3;6*+2;;;;;;;/p-21. The fourth-order valence-electron chi connectivity index (χ4n) is 0. The van der Waals surface area contributed by atoms with Crippen LogP contribution in [-0.2, 0) is 32.0 Å². The van der Waals surface area contributed by atoms with Crippen LogP contribution in [0.25, 0.3) is 0 Å². The summed E-state index contributed by atoms with van der Waals surface area (Å²) < 4.78 is 59.8. The molecular weight excluding hydrogens is 939 g/mol. The Morgan fingerprint density at radius 3 is 0.205 bits per heavy atom. The van der Waals surface area contributed by atoms with Crippen LogP contribution >= 0.6 is 54.8 Å². The first-order valence-electron chi connectivity index (χ1n) is 5.11. The molecule has 0 saturated heterocycles. The maximum atomic E-state index is 8.55. The van der Waals surface area contributed by atoms with E-state index in [0.29, 0.717) is 0 Å². The molecule has 0 aliphatic heterocycles. The Kier molecular flexibility index (Phi) is 122. The summed E-state index contributed by atoms with van der Waals surface area (Å²) in [5.74, 6) is 0. The topological polar surface area (TPSA) is 604 Å². The van der Waals surface area contributed by atoms with Crippen LogP contribution in [0, 0.1) is 0 Å². The van der Waals surface area contributed by atoms with E-state index < -0.39 is 54.8 Å². The molecule has 0 amide bonds. The van der Waals surface area contributed by atoms with Gasteiger partial charge in [-0.3, -0.25) is 0 Å². The third-order valence-corrected chi connectivity index (χ3v) is 0. The van der Waals surface area contributed by atoms with Crippen molar-refractivity contribution in [3.63, 3.8) is 0 Å². The van der Waals surface area contributed by atoms with Crippen molar-refractivity contribution in [3.05, 3.63) is 0 Å². The average molecular weight is 939 g/mol. The van der Waals surface area contributed by atoms with Gasteiger partial charge in [-0.05, 0) is 0 Å². The van der Waals surface area contributed by atoms with Crippen molar-refractivity contribution in [1.82, 2.24) is 0 Å². The Hall–Kier alpha value is 8.45. The van der Waals surface area contributed by atoms with E-state index in [1.54, 1.807) is 0 Å². The molecule has 0 spiro atoms. The van der Waals surface area contributed by atoms with E-state index >= 15 is 0 Å². The van der Waals surface area contributed by atoms with Gasteiger partial charge in [0.15, 0.2) is 0 Å². The number of rotatable bonds is 0. The second kappa shape index (κ2) is 51.4. The molecule has 0 saturated carbocycles. The van der Waals surface area contributed by atoms with Crippen molar-refractivity contribution in [2.45, 2.75) is 0 Å². The first kappa shape index (κ1) is 104. The summed E-state index contributed by atoms with van der Waals surface area (Å²) in [6.07, 6.45) is 0. The number of hydrogen-bond acceptors (Lipinski definition) is 28.